The van der Waals surface area contributed by atoms with Crippen molar-refractivity contribution in [2.45, 2.75) is 12.8 Å². The summed E-state index contributed by atoms with van der Waals surface area (Å²) in [6.45, 7) is 0.484. The van der Waals surface area contributed by atoms with Gasteiger partial charge in [0, 0.05) is 29.7 Å². The number of methoxy groups -OCH3 is 1. The van der Waals surface area contributed by atoms with Crippen LogP contribution in [0.1, 0.15) is 11.4 Å². The summed E-state index contributed by atoms with van der Waals surface area (Å²) in [7, 11) is 1.57. The Kier molecular flexibility index (Phi) is 4.96. The van der Waals surface area contributed by atoms with E-state index in [2.05, 4.69) is 15.5 Å². The Morgan fingerprint density at radius 3 is 3.00 bits per heavy atom. The molecule has 0 aliphatic carbocycles. The molecule has 3 aromatic rings. The van der Waals surface area contributed by atoms with E-state index in [0.717, 1.165) is 17.0 Å². The van der Waals surface area contributed by atoms with Gasteiger partial charge in [0.2, 0.25) is 5.91 Å². The molecule has 0 bridgehead atoms. The number of fused-ring (bicyclic) bond motifs is 1. The fourth-order valence-corrected chi connectivity index (χ4v) is 2.69. The number of benzene rings is 1. The van der Waals surface area contributed by atoms with E-state index in [4.69, 9.17) is 16.3 Å². The third-order valence-corrected chi connectivity index (χ3v) is 3.88. The molecule has 3 rings (SSSR count). The van der Waals surface area contributed by atoms with Gasteiger partial charge in [0.1, 0.15) is 11.6 Å². The SMILES string of the molecule is COc1ccc(Cl)cc1CC(=O)NCCc1nnc2ccccn12. The Bertz CT molecular complexity index is 863. The summed E-state index contributed by atoms with van der Waals surface area (Å²) in [4.78, 5) is 12.1. The first-order valence-corrected chi connectivity index (χ1v) is 7.93. The zero-order chi connectivity index (χ0) is 16.9. The molecule has 0 unspecified atom stereocenters. The number of aromatic nitrogens is 3. The number of pyridine rings is 1. The van der Waals surface area contributed by atoms with Crippen molar-refractivity contribution in [3.8, 4) is 5.75 Å². The van der Waals surface area contributed by atoms with Crippen LogP contribution in [0.25, 0.3) is 5.65 Å². The zero-order valence-corrected chi connectivity index (χ0v) is 14.0. The minimum absolute atomic E-state index is 0.0932. The van der Waals surface area contributed by atoms with Crippen LogP contribution in [0.15, 0.2) is 42.6 Å². The molecule has 0 atom stereocenters. The number of rotatable bonds is 6. The Labute approximate surface area is 144 Å². The van der Waals surface area contributed by atoms with E-state index in [9.17, 15) is 4.79 Å². The van der Waals surface area contributed by atoms with Crippen molar-refractivity contribution in [1.29, 1.82) is 0 Å². The molecule has 1 amide bonds. The molecule has 24 heavy (non-hydrogen) atoms. The van der Waals surface area contributed by atoms with Crippen molar-refractivity contribution >= 4 is 23.2 Å². The summed E-state index contributed by atoms with van der Waals surface area (Å²) < 4.78 is 7.16. The van der Waals surface area contributed by atoms with Gasteiger partial charge < -0.3 is 10.1 Å². The highest BCUT2D eigenvalue weighted by atomic mass is 35.5. The Balaban J connectivity index is 1.57. The smallest absolute Gasteiger partial charge is 0.224 e. The maximum Gasteiger partial charge on any atom is 0.224 e. The Hall–Kier alpha value is -2.60. The molecule has 124 valence electrons. The zero-order valence-electron chi connectivity index (χ0n) is 13.2. The predicted molar refractivity (Wildman–Crippen MR) is 91.4 cm³/mol. The van der Waals surface area contributed by atoms with Crippen LogP contribution in [0.5, 0.6) is 5.75 Å². The number of carbonyl (C=O) groups is 1. The molecule has 2 heterocycles. The van der Waals surface area contributed by atoms with Crippen LogP contribution in [0.2, 0.25) is 5.02 Å². The first kappa shape index (κ1) is 16.3. The first-order chi connectivity index (χ1) is 11.7. The second kappa shape index (κ2) is 7.31. The van der Waals surface area contributed by atoms with Crippen molar-refractivity contribution in [3.63, 3.8) is 0 Å². The fraction of sp³-hybridized carbons (Fsp3) is 0.235. The normalized spacial score (nSPS) is 10.8. The molecule has 0 aliphatic rings. The number of nitrogens with one attached hydrogen (secondary N) is 1. The van der Waals surface area contributed by atoms with Gasteiger partial charge in [0.15, 0.2) is 5.65 Å². The lowest BCUT2D eigenvalue weighted by molar-refractivity contribution is -0.120. The molecule has 0 aliphatic heterocycles. The minimum Gasteiger partial charge on any atom is -0.496 e. The van der Waals surface area contributed by atoms with Crippen molar-refractivity contribution in [3.05, 3.63) is 59.0 Å². The van der Waals surface area contributed by atoms with E-state index in [1.165, 1.54) is 0 Å². The lowest BCUT2D eigenvalue weighted by Gasteiger charge is -2.09. The van der Waals surface area contributed by atoms with Crippen LogP contribution < -0.4 is 10.1 Å². The van der Waals surface area contributed by atoms with Crippen LogP contribution in [0.4, 0.5) is 0 Å². The molecule has 0 saturated heterocycles. The van der Waals surface area contributed by atoms with Crippen LogP contribution in [-0.4, -0.2) is 34.2 Å². The van der Waals surface area contributed by atoms with Crippen molar-refractivity contribution in [2.75, 3.05) is 13.7 Å². The number of hydrogen-bond donors (Lipinski definition) is 1. The van der Waals surface area contributed by atoms with Gasteiger partial charge in [-0.25, -0.2) is 0 Å². The third-order valence-electron chi connectivity index (χ3n) is 3.65. The highest BCUT2D eigenvalue weighted by Crippen LogP contribution is 2.22. The van der Waals surface area contributed by atoms with E-state index >= 15 is 0 Å². The molecular weight excluding hydrogens is 328 g/mol. The van der Waals surface area contributed by atoms with Gasteiger partial charge in [-0.05, 0) is 30.3 Å². The second-order valence-electron chi connectivity index (χ2n) is 5.28. The maximum absolute atomic E-state index is 12.1. The third kappa shape index (κ3) is 3.65. The lowest BCUT2D eigenvalue weighted by atomic mass is 10.1. The number of ether oxygens (including phenoxy) is 1. The molecule has 0 saturated carbocycles. The fourth-order valence-electron chi connectivity index (χ4n) is 2.50. The Morgan fingerprint density at radius 1 is 1.29 bits per heavy atom. The topological polar surface area (TPSA) is 68.5 Å². The summed E-state index contributed by atoms with van der Waals surface area (Å²) in [6.07, 6.45) is 2.72. The van der Waals surface area contributed by atoms with Gasteiger partial charge in [-0.2, -0.15) is 0 Å². The number of amides is 1. The summed E-state index contributed by atoms with van der Waals surface area (Å²) in [6, 6.07) is 11.0. The maximum atomic E-state index is 12.1. The summed E-state index contributed by atoms with van der Waals surface area (Å²) in [5.74, 6) is 1.37. The van der Waals surface area contributed by atoms with Gasteiger partial charge in [-0.1, -0.05) is 17.7 Å². The monoisotopic (exact) mass is 344 g/mol. The predicted octanol–water partition coefficient (Wildman–Crippen LogP) is 2.29. The molecule has 1 aromatic carbocycles. The van der Waals surface area contributed by atoms with E-state index in [1.54, 1.807) is 25.3 Å². The molecule has 7 heteroatoms. The van der Waals surface area contributed by atoms with Crippen LogP contribution in [0, 0.1) is 0 Å². The molecule has 2 aromatic heterocycles. The number of halogens is 1. The Morgan fingerprint density at radius 2 is 2.17 bits per heavy atom. The molecule has 0 fully saturated rings. The molecule has 0 spiro atoms. The molecule has 6 nitrogen and oxygen atoms in total. The molecule has 1 N–H and O–H groups in total. The average Bonchev–Trinajstić information content (AvgIpc) is 2.98. The van der Waals surface area contributed by atoms with E-state index in [1.807, 2.05) is 28.8 Å². The van der Waals surface area contributed by atoms with Gasteiger partial charge in [-0.3, -0.25) is 9.20 Å². The summed E-state index contributed by atoms with van der Waals surface area (Å²) in [5.41, 5.74) is 1.55. The standard InChI is InChI=1S/C17H17ClN4O2/c1-24-14-6-5-13(18)10-12(14)11-17(23)19-8-7-16-21-20-15-4-2-3-9-22(15)16/h2-6,9-10H,7-8,11H2,1H3,(H,19,23). The second-order valence-corrected chi connectivity index (χ2v) is 5.71. The summed E-state index contributed by atoms with van der Waals surface area (Å²) in [5, 5.41) is 11.7. The van der Waals surface area contributed by atoms with Crippen molar-refractivity contribution in [2.24, 2.45) is 0 Å². The molecular formula is C17H17ClN4O2. The van der Waals surface area contributed by atoms with Gasteiger partial charge in [0.25, 0.3) is 0 Å². The van der Waals surface area contributed by atoms with E-state index in [-0.39, 0.29) is 12.3 Å². The van der Waals surface area contributed by atoms with Gasteiger partial charge >= 0.3 is 0 Å². The average molecular weight is 345 g/mol. The van der Waals surface area contributed by atoms with Crippen LogP contribution in [0.3, 0.4) is 0 Å². The van der Waals surface area contributed by atoms with Crippen LogP contribution in [-0.2, 0) is 17.6 Å². The van der Waals surface area contributed by atoms with Gasteiger partial charge in [0.05, 0.1) is 13.5 Å². The summed E-state index contributed by atoms with van der Waals surface area (Å²) >= 11 is 5.98. The van der Waals surface area contributed by atoms with Crippen LogP contribution >= 0.6 is 11.6 Å². The quantitative estimate of drug-likeness (QED) is 0.745. The highest BCUT2D eigenvalue weighted by Gasteiger charge is 2.10. The van der Waals surface area contributed by atoms with E-state index in [0.29, 0.717) is 23.7 Å². The van der Waals surface area contributed by atoms with Gasteiger partial charge in [-0.15, -0.1) is 10.2 Å². The van der Waals surface area contributed by atoms with E-state index < -0.39 is 0 Å². The first-order valence-electron chi connectivity index (χ1n) is 7.55. The van der Waals surface area contributed by atoms with Crippen molar-refractivity contribution in [1.82, 2.24) is 19.9 Å². The van der Waals surface area contributed by atoms with Crippen molar-refractivity contribution < 1.29 is 9.53 Å². The lowest BCUT2D eigenvalue weighted by Crippen LogP contribution is -2.27. The molecule has 0 radical (unpaired) electrons. The highest BCUT2D eigenvalue weighted by molar-refractivity contribution is 6.30. The number of hydrogen-bond acceptors (Lipinski definition) is 4. The number of carbonyl (C=O) groups excluding carboxylic acids is 1. The largest absolute Gasteiger partial charge is 0.496 e. The minimum atomic E-state index is -0.0932. The number of nitrogens with zero attached hydrogens (tertiary/aromatic N) is 3.